The predicted molar refractivity (Wildman–Crippen MR) is 99.0 cm³/mol. The number of piperidine rings is 1. The smallest absolute Gasteiger partial charge is 0.252 e. The molecule has 0 unspecified atom stereocenters. The van der Waals surface area contributed by atoms with Crippen LogP contribution in [-0.2, 0) is 14.6 Å². The Morgan fingerprint density at radius 3 is 2.63 bits per heavy atom. The quantitative estimate of drug-likeness (QED) is 0.791. The Morgan fingerprint density at radius 1 is 1.11 bits per heavy atom. The molecule has 1 saturated carbocycles. The molecule has 3 heterocycles. The van der Waals surface area contributed by atoms with Gasteiger partial charge in [0.25, 0.3) is 5.78 Å². The number of carbonyl (C=O) groups excluding carboxylic acids is 1. The molecule has 146 valence electrons. The zero-order valence-corrected chi connectivity index (χ0v) is 16.4. The summed E-state index contributed by atoms with van der Waals surface area (Å²) in [6.45, 7) is 1.27. The first kappa shape index (κ1) is 18.3. The van der Waals surface area contributed by atoms with Gasteiger partial charge in [-0.05, 0) is 25.7 Å². The average Bonchev–Trinajstić information content (AvgIpc) is 3.15. The van der Waals surface area contributed by atoms with Gasteiger partial charge in [0.05, 0.1) is 11.9 Å². The van der Waals surface area contributed by atoms with Crippen molar-refractivity contribution in [1.82, 2.24) is 24.5 Å². The molecule has 0 spiro atoms. The maximum absolute atomic E-state index is 13.0. The van der Waals surface area contributed by atoms with Crippen molar-refractivity contribution in [1.29, 1.82) is 0 Å². The van der Waals surface area contributed by atoms with Crippen molar-refractivity contribution >= 4 is 21.5 Å². The first-order valence-electron chi connectivity index (χ1n) is 9.62. The average molecular weight is 391 g/mol. The van der Waals surface area contributed by atoms with Crippen LogP contribution in [0, 0.1) is 5.92 Å². The van der Waals surface area contributed by atoms with Crippen LogP contribution in [0.3, 0.4) is 0 Å². The van der Waals surface area contributed by atoms with Crippen LogP contribution >= 0.6 is 0 Å². The van der Waals surface area contributed by atoms with E-state index in [4.69, 9.17) is 0 Å². The van der Waals surface area contributed by atoms with Crippen LogP contribution in [0.1, 0.15) is 56.6 Å². The second-order valence-corrected chi connectivity index (χ2v) is 9.69. The van der Waals surface area contributed by atoms with Crippen LogP contribution in [0.5, 0.6) is 0 Å². The molecular weight excluding hydrogens is 366 g/mol. The number of fused-ring (bicyclic) bond motifs is 1. The number of hydrogen-bond acceptors (Lipinski definition) is 6. The molecule has 1 saturated heterocycles. The minimum Gasteiger partial charge on any atom is -0.342 e. The van der Waals surface area contributed by atoms with E-state index in [9.17, 15) is 13.2 Å². The fourth-order valence-corrected chi connectivity index (χ4v) is 5.33. The first-order chi connectivity index (χ1) is 12.9. The number of likely N-dealkylation sites (tertiary alicyclic amines) is 1. The number of nitrogens with zero attached hydrogens (tertiary/aromatic N) is 5. The van der Waals surface area contributed by atoms with E-state index in [1.54, 1.807) is 0 Å². The monoisotopic (exact) mass is 391 g/mol. The highest BCUT2D eigenvalue weighted by Crippen LogP contribution is 2.33. The van der Waals surface area contributed by atoms with E-state index in [-0.39, 0.29) is 22.6 Å². The molecule has 8 nitrogen and oxygen atoms in total. The number of hydrogen-bond donors (Lipinski definition) is 0. The summed E-state index contributed by atoms with van der Waals surface area (Å²) in [4.78, 5) is 23.3. The summed E-state index contributed by atoms with van der Waals surface area (Å²) in [5.41, 5.74) is 0.598. The van der Waals surface area contributed by atoms with Gasteiger partial charge in [0.1, 0.15) is 11.2 Å². The van der Waals surface area contributed by atoms with Gasteiger partial charge in [-0.1, -0.05) is 19.3 Å². The predicted octanol–water partition coefficient (Wildman–Crippen LogP) is 1.81. The third kappa shape index (κ3) is 3.56. The molecule has 2 aliphatic rings. The lowest BCUT2D eigenvalue weighted by atomic mass is 9.86. The van der Waals surface area contributed by atoms with Gasteiger partial charge in [-0.25, -0.2) is 13.4 Å². The summed E-state index contributed by atoms with van der Waals surface area (Å²) in [5, 5.41) is 4.20. The van der Waals surface area contributed by atoms with Crippen LogP contribution < -0.4 is 0 Å². The molecule has 1 aliphatic carbocycles. The summed E-state index contributed by atoms with van der Waals surface area (Å²) in [7, 11) is -3.46. The molecule has 2 aromatic heterocycles. The lowest BCUT2D eigenvalue weighted by Gasteiger charge is -2.36. The van der Waals surface area contributed by atoms with Gasteiger partial charge >= 0.3 is 0 Å². The molecule has 0 bridgehead atoms. The molecule has 1 aliphatic heterocycles. The van der Waals surface area contributed by atoms with Gasteiger partial charge in [0, 0.05) is 31.2 Å². The van der Waals surface area contributed by atoms with E-state index in [1.165, 1.54) is 29.7 Å². The topological polar surface area (TPSA) is 97.5 Å². The molecule has 1 amide bonds. The van der Waals surface area contributed by atoms with E-state index in [0.29, 0.717) is 18.0 Å². The number of aromatic nitrogens is 4. The largest absolute Gasteiger partial charge is 0.342 e. The van der Waals surface area contributed by atoms with Crippen molar-refractivity contribution in [3.63, 3.8) is 0 Å². The second-order valence-electron chi connectivity index (χ2n) is 7.71. The molecule has 27 heavy (non-hydrogen) atoms. The van der Waals surface area contributed by atoms with Gasteiger partial charge in [-0.2, -0.15) is 14.6 Å². The zero-order chi connectivity index (χ0) is 19.0. The summed E-state index contributed by atoms with van der Waals surface area (Å²) in [6, 6.07) is 0. The lowest BCUT2D eigenvalue weighted by Crippen LogP contribution is -2.43. The minimum atomic E-state index is -3.46. The second kappa shape index (κ2) is 7.18. The molecule has 0 N–H and O–H groups in total. The molecule has 4 rings (SSSR count). The number of carbonyl (C=O) groups is 1. The third-order valence-electron chi connectivity index (χ3n) is 5.78. The van der Waals surface area contributed by atoms with Crippen molar-refractivity contribution in [2.24, 2.45) is 5.92 Å². The Bertz CT molecular complexity index is 949. The molecule has 2 fully saturated rings. The van der Waals surface area contributed by atoms with Crippen LogP contribution in [0.4, 0.5) is 0 Å². The third-order valence-corrected chi connectivity index (χ3v) is 6.89. The standard InChI is InChI=1S/C18H25N5O3S/c1-27(25,26)15-10-19-18-20-12-21-23(18)16(15)14-8-5-9-22(11-14)17(24)13-6-3-2-4-7-13/h10,12-14H,2-9,11H2,1H3/t14-/m0/s1. The highest BCUT2D eigenvalue weighted by molar-refractivity contribution is 7.90. The van der Waals surface area contributed by atoms with Gasteiger partial charge in [-0.3, -0.25) is 4.79 Å². The van der Waals surface area contributed by atoms with E-state index >= 15 is 0 Å². The SMILES string of the molecule is CS(=O)(=O)c1cnc2ncnn2c1[C@H]1CCCN(C(=O)C2CCCCC2)C1. The van der Waals surface area contributed by atoms with Gasteiger partial charge < -0.3 is 4.90 Å². The Kier molecular flexibility index (Phi) is 4.88. The maximum atomic E-state index is 13.0. The zero-order valence-electron chi connectivity index (χ0n) is 15.5. The van der Waals surface area contributed by atoms with Crippen molar-refractivity contribution < 1.29 is 13.2 Å². The van der Waals surface area contributed by atoms with Gasteiger partial charge in [0.2, 0.25) is 5.91 Å². The molecule has 0 radical (unpaired) electrons. The summed E-state index contributed by atoms with van der Waals surface area (Å²) in [5.74, 6) is 0.635. The molecular formula is C18H25N5O3S. The van der Waals surface area contributed by atoms with Gasteiger partial charge in [-0.15, -0.1) is 0 Å². The highest BCUT2D eigenvalue weighted by Gasteiger charge is 2.33. The fraction of sp³-hybridized carbons (Fsp3) is 0.667. The molecule has 9 heteroatoms. The minimum absolute atomic E-state index is 0.0942. The fourth-order valence-electron chi connectivity index (χ4n) is 4.45. The summed E-state index contributed by atoms with van der Waals surface area (Å²) < 4.78 is 26.2. The first-order valence-corrected chi connectivity index (χ1v) is 11.5. The summed E-state index contributed by atoms with van der Waals surface area (Å²) >= 11 is 0. The Labute approximate surface area is 158 Å². The van der Waals surface area contributed by atoms with Crippen molar-refractivity contribution in [3.05, 3.63) is 18.2 Å². The van der Waals surface area contributed by atoms with Crippen LogP contribution in [0.25, 0.3) is 5.78 Å². The van der Waals surface area contributed by atoms with Gasteiger partial charge in [0.15, 0.2) is 9.84 Å². The Morgan fingerprint density at radius 2 is 1.89 bits per heavy atom. The van der Waals surface area contributed by atoms with Crippen LogP contribution in [0.15, 0.2) is 17.4 Å². The van der Waals surface area contributed by atoms with Crippen molar-refractivity contribution in [2.75, 3.05) is 19.3 Å². The number of rotatable bonds is 3. The van der Waals surface area contributed by atoms with Crippen LogP contribution in [0.2, 0.25) is 0 Å². The van der Waals surface area contributed by atoms with E-state index in [1.807, 2.05) is 4.90 Å². The van der Waals surface area contributed by atoms with Crippen molar-refractivity contribution in [3.8, 4) is 0 Å². The lowest BCUT2D eigenvalue weighted by molar-refractivity contribution is -0.137. The molecule has 1 atom stereocenters. The highest BCUT2D eigenvalue weighted by atomic mass is 32.2. The Balaban J connectivity index is 1.67. The molecule has 0 aromatic carbocycles. The summed E-state index contributed by atoms with van der Waals surface area (Å²) in [6.07, 6.45) is 11.0. The Hall–Kier alpha value is -2.03. The maximum Gasteiger partial charge on any atom is 0.252 e. The van der Waals surface area contributed by atoms with E-state index in [0.717, 1.165) is 45.1 Å². The van der Waals surface area contributed by atoms with Crippen LogP contribution in [-0.4, -0.2) is 58.2 Å². The van der Waals surface area contributed by atoms with E-state index < -0.39 is 9.84 Å². The van der Waals surface area contributed by atoms with E-state index in [2.05, 4.69) is 15.1 Å². The number of sulfone groups is 1. The van der Waals surface area contributed by atoms with Crippen molar-refractivity contribution in [2.45, 2.75) is 55.8 Å². The normalized spacial score (nSPS) is 22.3. The number of amides is 1. The molecule has 2 aromatic rings.